The number of likely N-dealkylation sites (N-methyl/N-ethyl adjacent to an activating group) is 1. The van der Waals surface area contributed by atoms with Crippen LogP contribution in [0, 0.1) is 0 Å². The van der Waals surface area contributed by atoms with E-state index in [1.165, 1.54) is 0 Å². The minimum Gasteiger partial charge on any atom is -0.492 e. The lowest BCUT2D eigenvalue weighted by Crippen LogP contribution is -2.38. The second-order valence-electron chi connectivity index (χ2n) is 6.84. The highest BCUT2D eigenvalue weighted by atomic mass is 16.5. The number of amides is 1. The number of carbonyl (C=O) groups excluding carboxylic acids is 1. The third kappa shape index (κ3) is 5.79. The fourth-order valence-electron chi connectivity index (χ4n) is 3.19. The molecular weight excluding hydrogens is 358 g/mol. The number of hydrogen-bond acceptors (Lipinski definition) is 6. The van der Waals surface area contributed by atoms with Crippen LogP contribution in [0.3, 0.4) is 0 Å². The molecule has 0 radical (unpaired) electrons. The number of carbonyl (C=O) groups is 1. The van der Waals surface area contributed by atoms with Gasteiger partial charge in [0.15, 0.2) is 0 Å². The van der Waals surface area contributed by atoms with Crippen LogP contribution in [0.1, 0.15) is 17.2 Å². The molecule has 2 heterocycles. The number of aryl methyl sites for hydroxylation is 1. The minimum atomic E-state index is -0.429. The molecule has 1 unspecified atom stereocenters. The summed E-state index contributed by atoms with van der Waals surface area (Å²) in [4.78, 5) is 14.9. The van der Waals surface area contributed by atoms with Crippen LogP contribution in [0.5, 0.6) is 5.75 Å². The van der Waals surface area contributed by atoms with E-state index in [1.54, 1.807) is 17.9 Å². The van der Waals surface area contributed by atoms with E-state index < -0.39 is 6.04 Å². The highest BCUT2D eigenvalue weighted by molar-refractivity contribution is 5.83. The fraction of sp³-hybridized carbons (Fsp3) is 0.500. The molecule has 1 aliphatic heterocycles. The van der Waals surface area contributed by atoms with E-state index in [9.17, 15) is 4.79 Å². The number of nitrogens with zero attached hydrogens (tertiary/aromatic N) is 3. The highest BCUT2D eigenvalue weighted by Gasteiger charge is 2.19. The summed E-state index contributed by atoms with van der Waals surface area (Å²) in [6.07, 6.45) is 3.54. The highest BCUT2D eigenvalue weighted by Crippen LogP contribution is 2.15. The van der Waals surface area contributed by atoms with Crippen molar-refractivity contribution in [3.8, 4) is 5.75 Å². The van der Waals surface area contributed by atoms with Crippen molar-refractivity contribution in [2.45, 2.75) is 12.6 Å². The zero-order valence-corrected chi connectivity index (χ0v) is 16.6. The van der Waals surface area contributed by atoms with Gasteiger partial charge in [-0.3, -0.25) is 14.4 Å². The Bertz CT molecular complexity index is 758. The van der Waals surface area contributed by atoms with Crippen molar-refractivity contribution >= 4 is 5.91 Å². The molecule has 1 atom stereocenters. The molecule has 2 N–H and O–H groups in total. The minimum absolute atomic E-state index is 0.0888. The molecule has 1 aromatic heterocycles. The Morgan fingerprint density at radius 3 is 2.89 bits per heavy atom. The van der Waals surface area contributed by atoms with Crippen LogP contribution in [0.15, 0.2) is 36.7 Å². The maximum Gasteiger partial charge on any atom is 0.242 e. The molecule has 0 spiro atoms. The van der Waals surface area contributed by atoms with Crippen LogP contribution >= 0.6 is 0 Å². The number of rotatable bonds is 9. The summed E-state index contributed by atoms with van der Waals surface area (Å²) in [5.41, 5.74) is 1.83. The Hall–Kier alpha value is -2.42. The van der Waals surface area contributed by atoms with Crippen LogP contribution < -0.4 is 15.4 Å². The van der Waals surface area contributed by atoms with Gasteiger partial charge in [-0.15, -0.1) is 0 Å². The molecule has 1 amide bonds. The molecule has 1 fully saturated rings. The Balaban J connectivity index is 1.47. The SMILES string of the molecule is CNC(C(=O)NCc1cccc(OCCN2CCOCC2)c1)c1cnn(C)c1. The van der Waals surface area contributed by atoms with Crippen molar-refractivity contribution in [2.75, 3.05) is 46.5 Å². The van der Waals surface area contributed by atoms with Gasteiger partial charge in [0.2, 0.25) is 5.91 Å². The molecule has 0 aliphatic carbocycles. The Morgan fingerprint density at radius 2 is 2.18 bits per heavy atom. The first kappa shape index (κ1) is 20.3. The van der Waals surface area contributed by atoms with Crippen molar-refractivity contribution in [1.82, 2.24) is 25.3 Å². The van der Waals surface area contributed by atoms with Crippen LogP contribution in [0.25, 0.3) is 0 Å². The number of nitrogens with one attached hydrogen (secondary N) is 2. The molecular formula is C20H29N5O3. The van der Waals surface area contributed by atoms with E-state index in [1.807, 2.05) is 37.5 Å². The second-order valence-corrected chi connectivity index (χ2v) is 6.84. The Morgan fingerprint density at radius 1 is 1.36 bits per heavy atom. The van der Waals surface area contributed by atoms with E-state index in [2.05, 4.69) is 20.6 Å². The standard InChI is InChI=1S/C20H29N5O3/c1-21-19(17-14-23-24(2)15-17)20(26)22-13-16-4-3-5-18(12-16)28-11-8-25-6-9-27-10-7-25/h3-5,12,14-15,19,21H,6-11,13H2,1-2H3,(H,22,26). The first-order valence-corrected chi connectivity index (χ1v) is 9.61. The van der Waals surface area contributed by atoms with Gasteiger partial charge in [0, 0.05) is 45.0 Å². The maximum atomic E-state index is 12.5. The molecule has 1 aromatic carbocycles. The molecule has 0 bridgehead atoms. The number of ether oxygens (including phenoxy) is 2. The van der Waals surface area contributed by atoms with E-state index in [-0.39, 0.29) is 5.91 Å². The van der Waals surface area contributed by atoms with Gasteiger partial charge >= 0.3 is 0 Å². The van der Waals surface area contributed by atoms with E-state index in [0.29, 0.717) is 13.2 Å². The predicted molar refractivity (Wildman–Crippen MR) is 106 cm³/mol. The Labute approximate surface area is 165 Å². The summed E-state index contributed by atoms with van der Waals surface area (Å²) in [7, 11) is 3.60. The zero-order chi connectivity index (χ0) is 19.8. The maximum absolute atomic E-state index is 12.5. The number of hydrogen-bond donors (Lipinski definition) is 2. The lowest BCUT2D eigenvalue weighted by atomic mass is 10.1. The van der Waals surface area contributed by atoms with Gasteiger partial charge < -0.3 is 20.1 Å². The molecule has 1 saturated heterocycles. The van der Waals surface area contributed by atoms with Crippen LogP contribution in [0.4, 0.5) is 0 Å². The quantitative estimate of drug-likeness (QED) is 0.660. The lowest BCUT2D eigenvalue weighted by molar-refractivity contribution is -0.123. The van der Waals surface area contributed by atoms with Crippen LogP contribution in [0.2, 0.25) is 0 Å². The average molecular weight is 387 g/mol. The Kier molecular flexibility index (Phi) is 7.41. The summed E-state index contributed by atoms with van der Waals surface area (Å²) in [5, 5.41) is 10.1. The summed E-state index contributed by atoms with van der Waals surface area (Å²) in [5.74, 6) is 0.728. The van der Waals surface area contributed by atoms with E-state index >= 15 is 0 Å². The van der Waals surface area contributed by atoms with E-state index in [0.717, 1.165) is 49.7 Å². The molecule has 3 rings (SSSR count). The van der Waals surface area contributed by atoms with Gasteiger partial charge in [-0.1, -0.05) is 12.1 Å². The number of morpholine rings is 1. The molecule has 28 heavy (non-hydrogen) atoms. The summed E-state index contributed by atoms with van der Waals surface area (Å²) in [6, 6.07) is 7.41. The third-order valence-corrected chi connectivity index (χ3v) is 4.75. The second kappa shape index (κ2) is 10.2. The monoisotopic (exact) mass is 387 g/mol. The molecule has 8 nitrogen and oxygen atoms in total. The van der Waals surface area contributed by atoms with Gasteiger partial charge in [-0.2, -0.15) is 5.10 Å². The first-order valence-electron chi connectivity index (χ1n) is 9.61. The largest absolute Gasteiger partial charge is 0.492 e. The topological polar surface area (TPSA) is 80.7 Å². The van der Waals surface area contributed by atoms with Crippen LogP contribution in [-0.2, 0) is 23.1 Å². The predicted octanol–water partition coefficient (Wildman–Crippen LogP) is 0.708. The fourth-order valence-corrected chi connectivity index (χ4v) is 3.19. The van der Waals surface area contributed by atoms with Gasteiger partial charge in [-0.25, -0.2) is 0 Å². The molecule has 1 aliphatic rings. The van der Waals surface area contributed by atoms with Gasteiger partial charge in [0.1, 0.15) is 18.4 Å². The number of aromatic nitrogens is 2. The van der Waals surface area contributed by atoms with Crippen molar-refractivity contribution in [3.05, 3.63) is 47.8 Å². The number of benzene rings is 1. The van der Waals surface area contributed by atoms with Gasteiger partial charge in [0.05, 0.1) is 19.4 Å². The molecule has 8 heteroatoms. The summed E-state index contributed by atoms with van der Waals surface area (Å²) in [6.45, 7) is 5.47. The smallest absolute Gasteiger partial charge is 0.242 e. The van der Waals surface area contributed by atoms with Gasteiger partial charge in [0.25, 0.3) is 0 Å². The van der Waals surface area contributed by atoms with Crippen molar-refractivity contribution < 1.29 is 14.3 Å². The third-order valence-electron chi connectivity index (χ3n) is 4.75. The average Bonchev–Trinajstić information content (AvgIpc) is 3.14. The normalized spacial score (nSPS) is 15.9. The summed E-state index contributed by atoms with van der Waals surface area (Å²) >= 11 is 0. The van der Waals surface area contributed by atoms with Crippen molar-refractivity contribution in [3.63, 3.8) is 0 Å². The molecule has 0 saturated carbocycles. The zero-order valence-electron chi connectivity index (χ0n) is 16.6. The van der Waals surface area contributed by atoms with Crippen LogP contribution in [-0.4, -0.2) is 67.1 Å². The van der Waals surface area contributed by atoms with Crippen molar-refractivity contribution in [1.29, 1.82) is 0 Å². The van der Waals surface area contributed by atoms with Crippen molar-refractivity contribution in [2.24, 2.45) is 7.05 Å². The molecule has 152 valence electrons. The van der Waals surface area contributed by atoms with E-state index in [4.69, 9.17) is 9.47 Å². The summed E-state index contributed by atoms with van der Waals surface area (Å²) < 4.78 is 12.9. The van der Waals surface area contributed by atoms with Gasteiger partial charge in [-0.05, 0) is 24.7 Å². The first-order chi connectivity index (χ1) is 13.7. The molecule has 2 aromatic rings. The lowest BCUT2D eigenvalue weighted by Gasteiger charge is -2.26.